The first-order chi connectivity index (χ1) is 6.74. The molecular weight excluding hydrogens is 176 g/mol. The smallest absolute Gasteiger partial charge is 0.289 e. The largest absolute Gasteiger partial charge is 0.460 e. The number of aryl methyl sites for hydroxylation is 1. The van der Waals surface area contributed by atoms with Crippen LogP contribution in [0.15, 0.2) is 29.3 Å². The van der Waals surface area contributed by atoms with Crippen LogP contribution >= 0.6 is 0 Å². The van der Waals surface area contributed by atoms with E-state index in [1.165, 1.54) is 5.56 Å². The summed E-state index contributed by atoms with van der Waals surface area (Å²) in [7, 11) is 0. The lowest BCUT2D eigenvalue weighted by atomic mass is 10.2. The van der Waals surface area contributed by atoms with Gasteiger partial charge in [-0.3, -0.25) is 0 Å². The van der Waals surface area contributed by atoms with Gasteiger partial charge in [-0.15, -0.1) is 0 Å². The highest BCUT2D eigenvalue weighted by Crippen LogP contribution is 2.12. The Labute approximate surface area is 83.8 Å². The van der Waals surface area contributed by atoms with Gasteiger partial charge < -0.3 is 10.1 Å². The highest BCUT2D eigenvalue weighted by molar-refractivity contribution is 5.90. The molecule has 1 heterocycles. The van der Waals surface area contributed by atoms with Gasteiger partial charge in [-0.2, -0.15) is 0 Å². The van der Waals surface area contributed by atoms with Crippen molar-refractivity contribution in [2.45, 2.75) is 20.0 Å². The van der Waals surface area contributed by atoms with E-state index in [0.717, 1.165) is 12.2 Å². The fourth-order valence-electron chi connectivity index (χ4n) is 1.39. The van der Waals surface area contributed by atoms with E-state index in [0.29, 0.717) is 6.02 Å². The summed E-state index contributed by atoms with van der Waals surface area (Å²) >= 11 is 0. The van der Waals surface area contributed by atoms with E-state index in [2.05, 4.69) is 29.4 Å². The van der Waals surface area contributed by atoms with E-state index in [1.54, 1.807) is 0 Å². The molecule has 1 N–H and O–H groups in total. The molecule has 1 unspecified atom stereocenters. The maximum Gasteiger partial charge on any atom is 0.289 e. The van der Waals surface area contributed by atoms with Crippen molar-refractivity contribution in [3.05, 3.63) is 29.8 Å². The fourth-order valence-corrected chi connectivity index (χ4v) is 1.39. The summed E-state index contributed by atoms with van der Waals surface area (Å²) in [5.74, 6) is 0. The van der Waals surface area contributed by atoms with Gasteiger partial charge in [0, 0.05) is 5.69 Å². The minimum absolute atomic E-state index is 0.197. The Bertz CT molecular complexity index is 360. The topological polar surface area (TPSA) is 33.6 Å². The van der Waals surface area contributed by atoms with Gasteiger partial charge in [0.2, 0.25) is 0 Å². The Morgan fingerprint density at radius 3 is 3.00 bits per heavy atom. The maximum absolute atomic E-state index is 5.44. The monoisotopic (exact) mass is 190 g/mol. The third-order valence-corrected chi connectivity index (χ3v) is 2.07. The summed E-state index contributed by atoms with van der Waals surface area (Å²) in [6.45, 7) is 4.81. The number of nitrogens with zero attached hydrogens (tertiary/aromatic N) is 1. The number of anilines is 1. The number of aliphatic imine (C=N–C) groups is 1. The molecule has 1 aromatic rings. The normalized spacial score (nSPS) is 20.1. The van der Waals surface area contributed by atoms with Crippen LogP contribution < -0.4 is 5.32 Å². The summed E-state index contributed by atoms with van der Waals surface area (Å²) in [6, 6.07) is 8.77. The highest BCUT2D eigenvalue weighted by atomic mass is 16.5. The lowest BCUT2D eigenvalue weighted by Crippen LogP contribution is -2.15. The average Bonchev–Trinajstić information content (AvgIpc) is 2.51. The second-order valence-electron chi connectivity index (χ2n) is 3.57. The Hall–Kier alpha value is -1.51. The number of amidine groups is 1. The standard InChI is InChI=1S/C11H14N2O/c1-8-4-3-5-10(6-8)13-11-12-7-9(2)14-11/h3-6,9H,7H2,1-2H3,(H,12,13). The molecule has 1 aliphatic heterocycles. The van der Waals surface area contributed by atoms with Crippen LogP contribution in [-0.2, 0) is 4.74 Å². The van der Waals surface area contributed by atoms with E-state index >= 15 is 0 Å². The number of nitrogens with one attached hydrogen (secondary N) is 1. The molecule has 14 heavy (non-hydrogen) atoms. The Kier molecular flexibility index (Phi) is 2.39. The Balaban J connectivity index is 2.04. The first-order valence-corrected chi connectivity index (χ1v) is 4.79. The van der Waals surface area contributed by atoms with Gasteiger partial charge in [0.05, 0.1) is 6.54 Å². The molecule has 0 bridgehead atoms. The molecule has 0 aromatic heterocycles. The van der Waals surface area contributed by atoms with Crippen LogP contribution in [0.2, 0.25) is 0 Å². The SMILES string of the molecule is Cc1cccc(NC2=NCC(C)O2)c1. The van der Waals surface area contributed by atoms with E-state index in [9.17, 15) is 0 Å². The Morgan fingerprint density at radius 2 is 2.36 bits per heavy atom. The summed E-state index contributed by atoms with van der Waals surface area (Å²) in [5.41, 5.74) is 2.25. The second kappa shape index (κ2) is 3.70. The molecule has 0 aliphatic carbocycles. The molecule has 3 nitrogen and oxygen atoms in total. The number of benzene rings is 1. The van der Waals surface area contributed by atoms with Crippen molar-refractivity contribution >= 4 is 11.7 Å². The van der Waals surface area contributed by atoms with Crippen LogP contribution in [0.25, 0.3) is 0 Å². The van der Waals surface area contributed by atoms with Crippen molar-refractivity contribution in [3.63, 3.8) is 0 Å². The fraction of sp³-hybridized carbons (Fsp3) is 0.364. The van der Waals surface area contributed by atoms with Crippen LogP contribution in [0.3, 0.4) is 0 Å². The minimum atomic E-state index is 0.197. The van der Waals surface area contributed by atoms with Crippen molar-refractivity contribution in [3.8, 4) is 0 Å². The molecule has 74 valence electrons. The van der Waals surface area contributed by atoms with Gasteiger partial charge in [-0.25, -0.2) is 4.99 Å². The second-order valence-corrected chi connectivity index (χ2v) is 3.57. The summed E-state index contributed by atoms with van der Waals surface area (Å²) in [4.78, 5) is 4.22. The molecule has 0 saturated carbocycles. The van der Waals surface area contributed by atoms with Gasteiger partial charge in [0.25, 0.3) is 6.02 Å². The molecule has 0 spiro atoms. The lowest BCUT2D eigenvalue weighted by molar-refractivity contribution is 0.245. The van der Waals surface area contributed by atoms with Gasteiger partial charge in [-0.05, 0) is 31.5 Å². The molecule has 0 fully saturated rings. The van der Waals surface area contributed by atoms with Crippen LogP contribution in [0.4, 0.5) is 5.69 Å². The molecule has 1 atom stereocenters. The van der Waals surface area contributed by atoms with Crippen molar-refractivity contribution in [2.24, 2.45) is 4.99 Å². The number of ether oxygens (including phenoxy) is 1. The highest BCUT2D eigenvalue weighted by Gasteiger charge is 2.14. The van der Waals surface area contributed by atoms with E-state index in [-0.39, 0.29) is 6.10 Å². The molecule has 2 rings (SSSR count). The molecule has 0 saturated heterocycles. The summed E-state index contributed by atoms with van der Waals surface area (Å²) < 4.78 is 5.44. The van der Waals surface area contributed by atoms with Crippen LogP contribution in [0, 0.1) is 6.92 Å². The molecule has 3 heteroatoms. The van der Waals surface area contributed by atoms with Crippen molar-refractivity contribution in [2.75, 3.05) is 11.9 Å². The van der Waals surface area contributed by atoms with Crippen LogP contribution in [0.1, 0.15) is 12.5 Å². The summed E-state index contributed by atoms with van der Waals surface area (Å²) in [6.07, 6.45) is 0.197. The third kappa shape index (κ3) is 2.05. The number of hydrogen-bond acceptors (Lipinski definition) is 3. The number of rotatable bonds is 1. The van der Waals surface area contributed by atoms with E-state index < -0.39 is 0 Å². The maximum atomic E-state index is 5.44. The van der Waals surface area contributed by atoms with E-state index in [4.69, 9.17) is 4.74 Å². The van der Waals surface area contributed by atoms with Gasteiger partial charge in [0.15, 0.2) is 0 Å². The lowest BCUT2D eigenvalue weighted by Gasteiger charge is -2.08. The average molecular weight is 190 g/mol. The summed E-state index contributed by atoms with van der Waals surface area (Å²) in [5, 5.41) is 3.14. The molecule has 0 amide bonds. The third-order valence-electron chi connectivity index (χ3n) is 2.07. The van der Waals surface area contributed by atoms with Crippen LogP contribution in [0.5, 0.6) is 0 Å². The van der Waals surface area contributed by atoms with Crippen LogP contribution in [-0.4, -0.2) is 18.7 Å². The zero-order chi connectivity index (χ0) is 9.97. The first kappa shape index (κ1) is 9.06. The minimum Gasteiger partial charge on any atom is -0.460 e. The van der Waals surface area contributed by atoms with Crippen molar-refractivity contribution < 1.29 is 4.74 Å². The first-order valence-electron chi connectivity index (χ1n) is 4.79. The van der Waals surface area contributed by atoms with Crippen molar-refractivity contribution in [1.82, 2.24) is 0 Å². The number of hydrogen-bond donors (Lipinski definition) is 1. The van der Waals surface area contributed by atoms with Gasteiger partial charge in [0.1, 0.15) is 6.10 Å². The zero-order valence-corrected chi connectivity index (χ0v) is 8.45. The van der Waals surface area contributed by atoms with Gasteiger partial charge >= 0.3 is 0 Å². The Morgan fingerprint density at radius 1 is 1.50 bits per heavy atom. The molecule has 1 aliphatic rings. The van der Waals surface area contributed by atoms with Gasteiger partial charge in [-0.1, -0.05) is 12.1 Å². The predicted molar refractivity (Wildman–Crippen MR) is 57.7 cm³/mol. The predicted octanol–water partition coefficient (Wildman–Crippen LogP) is 2.18. The quantitative estimate of drug-likeness (QED) is 0.736. The van der Waals surface area contributed by atoms with E-state index in [1.807, 2.05) is 19.1 Å². The molecule has 0 radical (unpaired) electrons. The molecule has 1 aromatic carbocycles. The molecular formula is C11H14N2O. The zero-order valence-electron chi connectivity index (χ0n) is 8.45. The van der Waals surface area contributed by atoms with Crippen molar-refractivity contribution in [1.29, 1.82) is 0 Å².